The molecule has 0 aromatic heterocycles. The maximum absolute atomic E-state index is 8.67. The van der Waals surface area contributed by atoms with Crippen LogP contribution in [-0.4, -0.2) is 26.7 Å². The van der Waals surface area contributed by atoms with Gasteiger partial charge in [0.05, 0.1) is 0 Å². The fraction of sp³-hybridized carbons (Fsp3) is 0.647. The van der Waals surface area contributed by atoms with Gasteiger partial charge in [-0.3, -0.25) is 0 Å². The van der Waals surface area contributed by atoms with Crippen LogP contribution in [0.2, 0.25) is 5.32 Å². The number of aliphatic hydroxyl groups is 1. The normalized spacial score (nSPS) is 10.8. The Kier molecular flexibility index (Phi) is 11.2. The molecule has 1 rings (SSSR count). The number of benzene rings is 1. The number of rotatable bonds is 12. The Balaban J connectivity index is 1.79. The summed E-state index contributed by atoms with van der Waals surface area (Å²) in [5, 5.41) is 10.1. The van der Waals surface area contributed by atoms with Crippen molar-refractivity contribution in [1.82, 2.24) is 0 Å². The van der Waals surface area contributed by atoms with Crippen LogP contribution >= 0.6 is 0 Å². The van der Waals surface area contributed by atoms with Crippen LogP contribution in [-0.2, 0) is 0 Å². The molecule has 1 aromatic rings. The first-order chi connectivity index (χ1) is 9.43. The zero-order valence-electron chi connectivity index (χ0n) is 12.0. The van der Waals surface area contributed by atoms with E-state index in [0.717, 1.165) is 6.42 Å². The number of hydrogen-bond donors (Lipinski definition) is 1. The molecule has 0 unspecified atom stereocenters. The molecule has 19 heavy (non-hydrogen) atoms. The monoisotopic (exact) mass is 328 g/mol. The molecule has 0 amide bonds. The average molecular weight is 327 g/mol. The van der Waals surface area contributed by atoms with Gasteiger partial charge in [-0.1, -0.05) is 0 Å². The van der Waals surface area contributed by atoms with E-state index >= 15 is 0 Å². The van der Waals surface area contributed by atoms with Gasteiger partial charge in [0.15, 0.2) is 0 Å². The van der Waals surface area contributed by atoms with Crippen LogP contribution in [0.25, 0.3) is 0 Å². The van der Waals surface area contributed by atoms with Crippen molar-refractivity contribution < 1.29 is 5.11 Å². The summed E-state index contributed by atoms with van der Waals surface area (Å²) >= 11 is 0.686. The number of unbranched alkanes of at least 4 members (excludes halogenated alkanes) is 8. The first kappa shape index (κ1) is 16.8. The molecule has 0 saturated heterocycles. The van der Waals surface area contributed by atoms with Crippen molar-refractivity contribution in [1.29, 1.82) is 0 Å². The molecule has 2 heteroatoms. The molecule has 108 valence electrons. The Morgan fingerprint density at radius 3 is 1.79 bits per heavy atom. The third-order valence-electron chi connectivity index (χ3n) is 3.31. The first-order valence-corrected chi connectivity index (χ1v) is 9.79. The van der Waals surface area contributed by atoms with Gasteiger partial charge in [-0.05, 0) is 0 Å². The molecule has 0 atom stereocenters. The predicted octanol–water partition coefficient (Wildman–Crippen LogP) is 3.94. The van der Waals surface area contributed by atoms with Crippen LogP contribution in [0.3, 0.4) is 0 Å². The van der Waals surface area contributed by atoms with Crippen LogP contribution in [0.15, 0.2) is 30.3 Å². The zero-order valence-corrected chi connectivity index (χ0v) is 13.7. The van der Waals surface area contributed by atoms with E-state index in [1.807, 2.05) is 0 Å². The van der Waals surface area contributed by atoms with E-state index in [9.17, 15) is 0 Å². The molecule has 0 bridgehead atoms. The predicted molar refractivity (Wildman–Crippen MR) is 85.3 cm³/mol. The third kappa shape index (κ3) is 10.2. The molecule has 1 nitrogen and oxygen atoms in total. The second-order valence-electron chi connectivity index (χ2n) is 5.07. The molecule has 0 fully saturated rings. The summed E-state index contributed by atoms with van der Waals surface area (Å²) in [6.07, 6.45) is 11.9. The zero-order chi connectivity index (χ0) is 13.6. The number of aliphatic hydroxyl groups excluding tert-OH is 1. The van der Waals surface area contributed by atoms with Crippen molar-refractivity contribution in [3.05, 3.63) is 30.3 Å². The molecule has 1 aromatic carbocycles. The van der Waals surface area contributed by atoms with Gasteiger partial charge in [-0.25, -0.2) is 0 Å². The summed E-state index contributed by atoms with van der Waals surface area (Å²) in [4.78, 5) is 0. The summed E-state index contributed by atoms with van der Waals surface area (Å²) in [6.45, 7) is 0.364. The molecule has 1 N–H and O–H groups in total. The summed E-state index contributed by atoms with van der Waals surface area (Å²) in [5.74, 6) is 0. The van der Waals surface area contributed by atoms with Gasteiger partial charge in [-0.15, -0.1) is 0 Å². The van der Waals surface area contributed by atoms with Crippen molar-refractivity contribution in [2.75, 3.05) is 6.61 Å². The quantitative estimate of drug-likeness (QED) is 0.455. The number of hydrogen-bond acceptors (Lipinski definition) is 1. The van der Waals surface area contributed by atoms with E-state index in [2.05, 4.69) is 30.3 Å². The van der Waals surface area contributed by atoms with Crippen molar-refractivity contribution >= 4 is 19.4 Å². The van der Waals surface area contributed by atoms with Crippen molar-refractivity contribution in [2.45, 2.75) is 63.1 Å². The molecule has 0 aliphatic heterocycles. The van der Waals surface area contributed by atoms with Crippen molar-refractivity contribution in [3.8, 4) is 0 Å². The summed E-state index contributed by atoms with van der Waals surface area (Å²) < 4.78 is 1.54. The van der Waals surface area contributed by atoms with Crippen molar-refractivity contribution in [3.63, 3.8) is 0 Å². The molecular formula is C17H28OSe. The Morgan fingerprint density at radius 2 is 1.21 bits per heavy atom. The SMILES string of the molecule is OCCCCCCCCCCC[Se]c1ccccc1. The maximum atomic E-state index is 8.67. The Hall–Kier alpha value is -0.301. The fourth-order valence-electron chi connectivity index (χ4n) is 2.16. The van der Waals surface area contributed by atoms with Crippen LogP contribution < -0.4 is 4.46 Å². The van der Waals surface area contributed by atoms with Crippen LogP contribution in [0.5, 0.6) is 0 Å². The van der Waals surface area contributed by atoms with E-state index in [1.165, 1.54) is 56.7 Å². The third-order valence-corrected chi connectivity index (χ3v) is 5.62. The van der Waals surface area contributed by atoms with Gasteiger partial charge < -0.3 is 0 Å². The topological polar surface area (TPSA) is 20.2 Å². The van der Waals surface area contributed by atoms with Gasteiger partial charge >= 0.3 is 125 Å². The van der Waals surface area contributed by atoms with Gasteiger partial charge in [0, 0.05) is 0 Å². The average Bonchev–Trinajstić information content (AvgIpc) is 2.46. The van der Waals surface area contributed by atoms with Crippen molar-refractivity contribution in [2.24, 2.45) is 0 Å². The van der Waals surface area contributed by atoms with Gasteiger partial charge in [0.25, 0.3) is 0 Å². The molecule has 0 aliphatic carbocycles. The molecule has 0 radical (unpaired) electrons. The van der Waals surface area contributed by atoms with Gasteiger partial charge in [-0.2, -0.15) is 0 Å². The Morgan fingerprint density at radius 1 is 0.684 bits per heavy atom. The molecule has 0 heterocycles. The van der Waals surface area contributed by atoms with E-state index in [4.69, 9.17) is 5.11 Å². The molecule has 0 aliphatic rings. The first-order valence-electron chi connectivity index (χ1n) is 7.72. The van der Waals surface area contributed by atoms with E-state index < -0.39 is 0 Å². The Bertz CT molecular complexity index is 287. The fourth-order valence-corrected chi connectivity index (χ4v) is 4.12. The molecule has 0 spiro atoms. The molecule has 0 saturated carbocycles. The van der Waals surface area contributed by atoms with Crippen LogP contribution in [0.4, 0.5) is 0 Å². The molecular weight excluding hydrogens is 299 g/mol. The minimum atomic E-state index is 0.364. The second kappa shape index (κ2) is 12.7. The summed E-state index contributed by atoms with van der Waals surface area (Å²) in [5.41, 5.74) is 0. The standard InChI is InChI=1S/C17H28OSe/c18-15-11-6-4-2-1-3-5-7-12-16-19-17-13-9-8-10-14-17/h8-10,13-14,18H,1-7,11-12,15-16H2. The minimum absolute atomic E-state index is 0.364. The van der Waals surface area contributed by atoms with Gasteiger partial charge in [0.1, 0.15) is 0 Å². The van der Waals surface area contributed by atoms with Crippen LogP contribution in [0, 0.1) is 0 Å². The van der Waals surface area contributed by atoms with E-state index in [-0.39, 0.29) is 0 Å². The summed E-state index contributed by atoms with van der Waals surface area (Å²) in [6, 6.07) is 10.9. The van der Waals surface area contributed by atoms with E-state index in [0.29, 0.717) is 21.6 Å². The van der Waals surface area contributed by atoms with E-state index in [1.54, 1.807) is 4.46 Å². The Labute approximate surface area is 125 Å². The summed E-state index contributed by atoms with van der Waals surface area (Å²) in [7, 11) is 0. The van der Waals surface area contributed by atoms with Crippen LogP contribution in [0.1, 0.15) is 57.8 Å². The van der Waals surface area contributed by atoms with Gasteiger partial charge in [0.2, 0.25) is 0 Å². The second-order valence-corrected chi connectivity index (χ2v) is 7.52.